The third kappa shape index (κ3) is 3.21. The molecule has 0 saturated heterocycles. The molecule has 0 saturated carbocycles. The Morgan fingerprint density at radius 1 is 1.36 bits per heavy atom. The van der Waals surface area contributed by atoms with Crippen LogP contribution in [0.2, 0.25) is 0 Å². The Kier molecular flexibility index (Phi) is 4.18. The van der Waals surface area contributed by atoms with Crippen LogP contribution < -0.4 is 5.32 Å². The van der Waals surface area contributed by atoms with Crippen LogP contribution in [0.4, 0.5) is 0 Å². The minimum Gasteiger partial charge on any atom is -0.392 e. The molecule has 0 spiro atoms. The fourth-order valence-electron chi connectivity index (χ4n) is 1.09. The highest BCUT2D eigenvalue weighted by Crippen LogP contribution is 2.04. The van der Waals surface area contributed by atoms with Gasteiger partial charge in [0.15, 0.2) is 0 Å². The van der Waals surface area contributed by atoms with Gasteiger partial charge in [-0.25, -0.2) is 0 Å². The van der Waals surface area contributed by atoms with Gasteiger partial charge in [-0.2, -0.15) is 0 Å². The highest BCUT2D eigenvalue weighted by atomic mass is 16.3. The van der Waals surface area contributed by atoms with Crippen LogP contribution in [-0.4, -0.2) is 11.1 Å². The van der Waals surface area contributed by atoms with Gasteiger partial charge in [-0.15, -0.1) is 6.42 Å². The van der Waals surface area contributed by atoms with E-state index < -0.39 is 0 Å². The average molecular weight is 189 g/mol. The second kappa shape index (κ2) is 5.43. The minimum atomic E-state index is 0.0903. The van der Waals surface area contributed by atoms with Crippen LogP contribution in [-0.2, 0) is 13.2 Å². The van der Waals surface area contributed by atoms with Gasteiger partial charge in [0.25, 0.3) is 0 Å². The van der Waals surface area contributed by atoms with E-state index in [-0.39, 0.29) is 12.6 Å². The van der Waals surface area contributed by atoms with Gasteiger partial charge in [0.1, 0.15) is 0 Å². The minimum absolute atomic E-state index is 0.0903. The fraction of sp³-hybridized carbons (Fsp3) is 0.333. The number of hydrogen-bond acceptors (Lipinski definition) is 2. The van der Waals surface area contributed by atoms with Gasteiger partial charge in [0.05, 0.1) is 12.6 Å². The Balaban J connectivity index is 2.48. The van der Waals surface area contributed by atoms with Gasteiger partial charge >= 0.3 is 0 Å². The number of rotatable bonds is 4. The van der Waals surface area contributed by atoms with Crippen molar-refractivity contribution < 1.29 is 5.11 Å². The number of aliphatic hydroxyl groups is 1. The van der Waals surface area contributed by atoms with Gasteiger partial charge in [-0.3, -0.25) is 5.32 Å². The van der Waals surface area contributed by atoms with Crippen molar-refractivity contribution in [1.29, 1.82) is 0 Å². The summed E-state index contributed by atoms with van der Waals surface area (Å²) in [5, 5.41) is 12.0. The van der Waals surface area contributed by atoms with Crippen molar-refractivity contribution in [2.24, 2.45) is 0 Å². The Hall–Kier alpha value is -1.30. The number of aliphatic hydroxyl groups excluding tert-OH is 1. The standard InChI is InChI=1S/C12H15NO/c1-3-10(2)13-8-11-4-6-12(9-14)7-5-11/h1,4-7,10,13-14H,8-9H2,2H3. The van der Waals surface area contributed by atoms with Crippen LogP contribution in [0.1, 0.15) is 18.1 Å². The number of terminal acetylenes is 1. The maximum absolute atomic E-state index is 8.84. The molecule has 0 heterocycles. The quantitative estimate of drug-likeness (QED) is 0.699. The molecule has 2 N–H and O–H groups in total. The molecule has 2 nitrogen and oxygen atoms in total. The molecule has 1 unspecified atom stereocenters. The molecule has 1 rings (SSSR count). The van der Waals surface area contributed by atoms with Crippen LogP contribution in [0, 0.1) is 12.3 Å². The Bertz CT molecular complexity index is 310. The smallest absolute Gasteiger partial charge is 0.0681 e. The van der Waals surface area contributed by atoms with Crippen molar-refractivity contribution in [3.05, 3.63) is 35.4 Å². The zero-order valence-corrected chi connectivity index (χ0v) is 8.33. The summed E-state index contributed by atoms with van der Waals surface area (Å²) in [5.41, 5.74) is 2.10. The molecule has 74 valence electrons. The van der Waals surface area contributed by atoms with Crippen LogP contribution in [0.3, 0.4) is 0 Å². The summed E-state index contributed by atoms with van der Waals surface area (Å²) in [6.45, 7) is 2.80. The summed E-state index contributed by atoms with van der Waals surface area (Å²) in [5.74, 6) is 2.61. The third-order valence-corrected chi connectivity index (χ3v) is 2.07. The SMILES string of the molecule is C#CC(C)NCc1ccc(CO)cc1. The zero-order chi connectivity index (χ0) is 10.4. The first-order chi connectivity index (χ1) is 6.76. The molecule has 0 amide bonds. The topological polar surface area (TPSA) is 32.3 Å². The normalized spacial score (nSPS) is 12.1. The predicted molar refractivity (Wildman–Crippen MR) is 57.5 cm³/mol. The molecular formula is C12H15NO. The lowest BCUT2D eigenvalue weighted by Gasteiger charge is -2.07. The van der Waals surface area contributed by atoms with Gasteiger partial charge in [-0.05, 0) is 18.1 Å². The lowest BCUT2D eigenvalue weighted by Crippen LogP contribution is -2.23. The second-order valence-electron chi connectivity index (χ2n) is 3.24. The van der Waals surface area contributed by atoms with Crippen molar-refractivity contribution in [3.63, 3.8) is 0 Å². The van der Waals surface area contributed by atoms with E-state index in [2.05, 4.69) is 11.2 Å². The average Bonchev–Trinajstić information content (AvgIpc) is 2.26. The van der Waals surface area contributed by atoms with Gasteiger partial charge in [0.2, 0.25) is 0 Å². The monoisotopic (exact) mass is 189 g/mol. The molecule has 0 radical (unpaired) electrons. The Morgan fingerprint density at radius 2 is 1.93 bits per heavy atom. The highest BCUT2D eigenvalue weighted by molar-refractivity contribution is 5.22. The molecule has 0 aromatic heterocycles. The zero-order valence-electron chi connectivity index (χ0n) is 8.33. The van der Waals surface area contributed by atoms with Crippen LogP contribution in [0.15, 0.2) is 24.3 Å². The summed E-state index contributed by atoms with van der Waals surface area (Å²) >= 11 is 0. The lowest BCUT2D eigenvalue weighted by atomic mass is 10.1. The first-order valence-electron chi connectivity index (χ1n) is 4.64. The molecule has 1 aromatic rings. The molecule has 2 heteroatoms. The summed E-state index contributed by atoms with van der Waals surface area (Å²) < 4.78 is 0. The Labute approximate surface area is 85.0 Å². The van der Waals surface area contributed by atoms with Crippen molar-refractivity contribution in [2.45, 2.75) is 26.1 Å². The number of nitrogens with one attached hydrogen (secondary N) is 1. The second-order valence-corrected chi connectivity index (χ2v) is 3.24. The van der Waals surface area contributed by atoms with E-state index in [9.17, 15) is 0 Å². The van der Waals surface area contributed by atoms with Crippen LogP contribution in [0.5, 0.6) is 0 Å². The molecule has 0 bridgehead atoms. The van der Waals surface area contributed by atoms with Crippen LogP contribution in [0.25, 0.3) is 0 Å². The van der Waals surface area contributed by atoms with Gasteiger partial charge in [0, 0.05) is 6.54 Å². The van der Waals surface area contributed by atoms with Crippen molar-refractivity contribution in [1.82, 2.24) is 5.32 Å². The van der Waals surface area contributed by atoms with E-state index in [0.29, 0.717) is 0 Å². The maximum Gasteiger partial charge on any atom is 0.0681 e. The van der Waals surface area contributed by atoms with Crippen molar-refractivity contribution >= 4 is 0 Å². The molecule has 1 aromatic carbocycles. The number of benzene rings is 1. The molecule has 0 aliphatic heterocycles. The number of hydrogen-bond donors (Lipinski definition) is 2. The molecule has 0 fully saturated rings. The summed E-state index contributed by atoms with van der Waals surface area (Å²) in [6, 6.07) is 7.89. The van der Waals surface area contributed by atoms with E-state index in [1.54, 1.807) is 0 Å². The van der Waals surface area contributed by atoms with Gasteiger partial charge in [-0.1, -0.05) is 30.2 Å². The molecule has 0 aliphatic rings. The maximum atomic E-state index is 8.84. The molecule has 0 aliphatic carbocycles. The highest BCUT2D eigenvalue weighted by Gasteiger charge is 1.96. The summed E-state index contributed by atoms with van der Waals surface area (Å²) in [7, 11) is 0. The Morgan fingerprint density at radius 3 is 2.43 bits per heavy atom. The fourth-order valence-corrected chi connectivity index (χ4v) is 1.09. The van der Waals surface area contributed by atoms with Crippen molar-refractivity contribution in [2.75, 3.05) is 0 Å². The molecule has 14 heavy (non-hydrogen) atoms. The van der Waals surface area contributed by atoms with Crippen LogP contribution >= 0.6 is 0 Å². The van der Waals surface area contributed by atoms with E-state index >= 15 is 0 Å². The lowest BCUT2D eigenvalue weighted by molar-refractivity contribution is 0.282. The van der Waals surface area contributed by atoms with Crippen molar-refractivity contribution in [3.8, 4) is 12.3 Å². The molecule has 1 atom stereocenters. The summed E-state index contributed by atoms with van der Waals surface area (Å²) in [6.07, 6.45) is 5.24. The summed E-state index contributed by atoms with van der Waals surface area (Å²) in [4.78, 5) is 0. The van der Waals surface area contributed by atoms with E-state index in [0.717, 1.165) is 12.1 Å². The van der Waals surface area contributed by atoms with E-state index in [4.69, 9.17) is 11.5 Å². The van der Waals surface area contributed by atoms with E-state index in [1.165, 1.54) is 5.56 Å². The molecular weight excluding hydrogens is 174 g/mol. The van der Waals surface area contributed by atoms with E-state index in [1.807, 2.05) is 31.2 Å². The largest absolute Gasteiger partial charge is 0.392 e. The van der Waals surface area contributed by atoms with Gasteiger partial charge < -0.3 is 5.11 Å². The third-order valence-electron chi connectivity index (χ3n) is 2.07. The first kappa shape index (κ1) is 10.8. The predicted octanol–water partition coefficient (Wildman–Crippen LogP) is 1.29. The first-order valence-corrected chi connectivity index (χ1v) is 4.64.